The van der Waals surface area contributed by atoms with E-state index in [-0.39, 0.29) is 12.3 Å². The second-order valence-electron chi connectivity index (χ2n) is 7.21. The van der Waals surface area contributed by atoms with Crippen LogP contribution in [0.25, 0.3) is 10.9 Å². The Morgan fingerprint density at radius 1 is 1.11 bits per heavy atom. The van der Waals surface area contributed by atoms with Crippen LogP contribution in [-0.4, -0.2) is 29.3 Å². The number of anilines is 1. The van der Waals surface area contributed by atoms with Crippen molar-refractivity contribution >= 4 is 22.6 Å². The molecule has 2 aromatic carbocycles. The zero-order valence-corrected chi connectivity index (χ0v) is 15.0. The Bertz CT molecular complexity index is 1010. The van der Waals surface area contributed by atoms with Crippen molar-refractivity contribution in [1.82, 2.24) is 10.2 Å². The largest absolute Gasteiger partial charge is 0.490 e. The van der Waals surface area contributed by atoms with Crippen LogP contribution in [-0.2, 0) is 11.2 Å². The van der Waals surface area contributed by atoms with E-state index in [1.54, 1.807) is 0 Å². The molecule has 0 unspecified atom stereocenters. The summed E-state index contributed by atoms with van der Waals surface area (Å²) in [6, 6.07) is 12.0. The number of amides is 1. The van der Waals surface area contributed by atoms with Crippen LogP contribution < -0.4 is 14.8 Å². The van der Waals surface area contributed by atoms with E-state index in [2.05, 4.69) is 27.6 Å². The molecule has 1 fully saturated rings. The van der Waals surface area contributed by atoms with Gasteiger partial charge in [0, 0.05) is 11.8 Å². The molecule has 138 valence electrons. The SMILES string of the molecule is O=C(Cc1ccc2c(c1)OCCCO2)Nc1n[nH]c2cc(C3CC3)ccc12. The van der Waals surface area contributed by atoms with Crippen LogP contribution in [0.3, 0.4) is 0 Å². The Labute approximate surface area is 156 Å². The number of aromatic nitrogens is 2. The summed E-state index contributed by atoms with van der Waals surface area (Å²) in [6.45, 7) is 1.28. The molecule has 1 aromatic heterocycles. The summed E-state index contributed by atoms with van der Waals surface area (Å²) >= 11 is 0. The average molecular weight is 363 g/mol. The zero-order valence-electron chi connectivity index (χ0n) is 15.0. The normalized spacial score (nSPS) is 16.1. The number of carbonyl (C=O) groups excluding carboxylic acids is 1. The smallest absolute Gasteiger partial charge is 0.230 e. The van der Waals surface area contributed by atoms with Crippen molar-refractivity contribution in [3.63, 3.8) is 0 Å². The van der Waals surface area contributed by atoms with Gasteiger partial charge in [-0.15, -0.1) is 0 Å². The Morgan fingerprint density at radius 3 is 2.81 bits per heavy atom. The number of nitrogens with one attached hydrogen (secondary N) is 2. The molecule has 27 heavy (non-hydrogen) atoms. The van der Waals surface area contributed by atoms with Crippen molar-refractivity contribution in [1.29, 1.82) is 0 Å². The molecule has 1 aliphatic heterocycles. The summed E-state index contributed by atoms with van der Waals surface area (Å²) in [6.07, 6.45) is 3.64. The molecule has 1 aliphatic carbocycles. The highest BCUT2D eigenvalue weighted by molar-refractivity contribution is 6.00. The third kappa shape index (κ3) is 3.35. The average Bonchev–Trinajstić information content (AvgIpc) is 3.48. The molecule has 6 heteroatoms. The fraction of sp³-hybridized carbons (Fsp3) is 0.333. The number of hydrogen-bond acceptors (Lipinski definition) is 4. The maximum absolute atomic E-state index is 12.5. The number of fused-ring (bicyclic) bond motifs is 2. The lowest BCUT2D eigenvalue weighted by Gasteiger charge is -2.09. The van der Waals surface area contributed by atoms with Gasteiger partial charge in [-0.3, -0.25) is 9.89 Å². The number of aromatic amines is 1. The van der Waals surface area contributed by atoms with Gasteiger partial charge in [0.05, 0.1) is 25.2 Å². The Hall–Kier alpha value is -3.02. The quantitative estimate of drug-likeness (QED) is 0.740. The predicted octanol–water partition coefficient (Wildman–Crippen LogP) is 3.78. The number of nitrogens with zero attached hydrogens (tertiary/aromatic N) is 1. The molecule has 0 saturated heterocycles. The van der Waals surface area contributed by atoms with Gasteiger partial charge in [-0.05, 0) is 54.2 Å². The van der Waals surface area contributed by atoms with Crippen LogP contribution in [0.5, 0.6) is 11.5 Å². The summed E-state index contributed by atoms with van der Waals surface area (Å²) in [7, 11) is 0. The number of carbonyl (C=O) groups is 1. The molecule has 5 rings (SSSR count). The van der Waals surface area contributed by atoms with Crippen LogP contribution in [0.2, 0.25) is 0 Å². The maximum atomic E-state index is 12.5. The lowest BCUT2D eigenvalue weighted by molar-refractivity contribution is -0.115. The molecule has 0 atom stereocenters. The Kier molecular flexibility index (Phi) is 3.96. The van der Waals surface area contributed by atoms with Crippen molar-refractivity contribution in [2.24, 2.45) is 0 Å². The second-order valence-corrected chi connectivity index (χ2v) is 7.21. The summed E-state index contributed by atoms with van der Waals surface area (Å²) in [4.78, 5) is 12.5. The summed E-state index contributed by atoms with van der Waals surface area (Å²) < 4.78 is 11.3. The standard InChI is InChI=1S/C21H21N3O3/c25-20(11-13-2-7-18-19(10-13)27-9-1-8-26-18)22-21-16-6-5-15(14-3-4-14)12-17(16)23-24-21/h2,5-7,10,12,14H,1,3-4,8-9,11H2,(H2,22,23,24,25). The van der Waals surface area contributed by atoms with E-state index in [4.69, 9.17) is 9.47 Å². The minimum atomic E-state index is -0.107. The molecule has 0 radical (unpaired) electrons. The third-order valence-corrected chi connectivity index (χ3v) is 5.07. The molecular formula is C21H21N3O3. The predicted molar refractivity (Wildman–Crippen MR) is 102 cm³/mol. The molecule has 3 aromatic rings. The fourth-order valence-electron chi connectivity index (χ4n) is 3.48. The van der Waals surface area contributed by atoms with Crippen LogP contribution in [0.1, 0.15) is 36.3 Å². The summed E-state index contributed by atoms with van der Waals surface area (Å²) in [5.41, 5.74) is 3.19. The van der Waals surface area contributed by atoms with Crippen LogP contribution >= 0.6 is 0 Å². The monoisotopic (exact) mass is 363 g/mol. The molecule has 2 N–H and O–H groups in total. The Balaban J connectivity index is 1.30. The highest BCUT2D eigenvalue weighted by Gasteiger charge is 2.24. The van der Waals surface area contributed by atoms with Gasteiger partial charge < -0.3 is 14.8 Å². The van der Waals surface area contributed by atoms with Crippen LogP contribution in [0.4, 0.5) is 5.82 Å². The van der Waals surface area contributed by atoms with E-state index >= 15 is 0 Å². The first kappa shape index (κ1) is 16.2. The molecule has 2 aliphatic rings. The van der Waals surface area contributed by atoms with E-state index in [1.165, 1.54) is 18.4 Å². The van der Waals surface area contributed by atoms with Gasteiger partial charge in [0.1, 0.15) is 0 Å². The topological polar surface area (TPSA) is 76.2 Å². The lowest BCUT2D eigenvalue weighted by Crippen LogP contribution is -2.15. The van der Waals surface area contributed by atoms with Crippen molar-refractivity contribution in [3.8, 4) is 11.5 Å². The van der Waals surface area contributed by atoms with Gasteiger partial charge in [-0.2, -0.15) is 5.10 Å². The first-order chi connectivity index (χ1) is 13.3. The Morgan fingerprint density at radius 2 is 1.96 bits per heavy atom. The van der Waals surface area contributed by atoms with Gasteiger partial charge in [-0.1, -0.05) is 12.1 Å². The minimum absolute atomic E-state index is 0.107. The van der Waals surface area contributed by atoms with E-state index in [0.717, 1.165) is 28.6 Å². The van der Waals surface area contributed by atoms with E-state index in [1.807, 2.05) is 24.3 Å². The van der Waals surface area contributed by atoms with E-state index in [0.29, 0.717) is 30.7 Å². The first-order valence-electron chi connectivity index (χ1n) is 9.43. The van der Waals surface area contributed by atoms with Gasteiger partial charge in [-0.25, -0.2) is 0 Å². The number of H-pyrrole nitrogens is 1. The molecule has 2 heterocycles. The number of benzene rings is 2. The van der Waals surface area contributed by atoms with Gasteiger partial charge in [0.2, 0.25) is 5.91 Å². The van der Waals surface area contributed by atoms with Crippen LogP contribution in [0, 0.1) is 0 Å². The number of ether oxygens (including phenoxy) is 2. The number of hydrogen-bond donors (Lipinski definition) is 2. The van der Waals surface area contributed by atoms with Crippen molar-refractivity contribution < 1.29 is 14.3 Å². The molecule has 6 nitrogen and oxygen atoms in total. The number of rotatable bonds is 4. The lowest BCUT2D eigenvalue weighted by atomic mass is 10.1. The van der Waals surface area contributed by atoms with Gasteiger partial charge in [0.15, 0.2) is 17.3 Å². The van der Waals surface area contributed by atoms with Crippen LogP contribution in [0.15, 0.2) is 36.4 Å². The van der Waals surface area contributed by atoms with Gasteiger partial charge in [0.25, 0.3) is 0 Å². The molecule has 0 spiro atoms. The second kappa shape index (κ2) is 6.61. The molecule has 0 bridgehead atoms. The highest BCUT2D eigenvalue weighted by atomic mass is 16.5. The highest BCUT2D eigenvalue weighted by Crippen LogP contribution is 2.41. The van der Waals surface area contributed by atoms with Gasteiger partial charge >= 0.3 is 0 Å². The minimum Gasteiger partial charge on any atom is -0.490 e. The van der Waals surface area contributed by atoms with E-state index < -0.39 is 0 Å². The summed E-state index contributed by atoms with van der Waals surface area (Å²) in [5.74, 6) is 2.60. The third-order valence-electron chi connectivity index (χ3n) is 5.07. The van der Waals surface area contributed by atoms with E-state index in [9.17, 15) is 4.79 Å². The van der Waals surface area contributed by atoms with Crippen molar-refractivity contribution in [3.05, 3.63) is 47.5 Å². The van der Waals surface area contributed by atoms with Crippen molar-refractivity contribution in [2.45, 2.75) is 31.6 Å². The fourth-order valence-corrected chi connectivity index (χ4v) is 3.48. The van der Waals surface area contributed by atoms with Crippen molar-refractivity contribution in [2.75, 3.05) is 18.5 Å². The molecule has 1 saturated carbocycles. The maximum Gasteiger partial charge on any atom is 0.230 e. The first-order valence-corrected chi connectivity index (χ1v) is 9.43. The zero-order chi connectivity index (χ0) is 18.2. The summed E-state index contributed by atoms with van der Waals surface area (Å²) in [5, 5.41) is 11.2. The molecule has 1 amide bonds. The molecular weight excluding hydrogens is 342 g/mol.